The highest BCUT2D eigenvalue weighted by Crippen LogP contribution is 2.37. The number of aryl methyl sites for hydroxylation is 2. The number of nitrogens with two attached hydrogens (primary N) is 1. The number of nitrogens with one attached hydrogen (secondary N) is 1. The van der Waals surface area contributed by atoms with Gasteiger partial charge in [-0.3, -0.25) is 51.6 Å². The summed E-state index contributed by atoms with van der Waals surface area (Å²) in [6, 6.07) is 37.0. The number of carbonyl (C=O) groups is 1. The lowest BCUT2D eigenvalue weighted by Crippen LogP contribution is -2.42. The number of aromatic nitrogens is 7. The molecule has 0 saturated carbocycles. The van der Waals surface area contributed by atoms with Gasteiger partial charge in [-0.2, -0.15) is 21.6 Å². The first-order chi connectivity index (χ1) is 50.9. The third-order valence-corrected chi connectivity index (χ3v) is 19.5. The molecule has 0 aliphatic heterocycles. The molecule has 5 aromatic heterocycles. The highest BCUT2D eigenvalue weighted by Gasteiger charge is 2.49. The minimum Gasteiger partial charge on any atom is -0.508 e. The van der Waals surface area contributed by atoms with Gasteiger partial charge in [0, 0.05) is 61.2 Å². The first-order valence-corrected chi connectivity index (χ1v) is 35.7. The van der Waals surface area contributed by atoms with Crippen LogP contribution in [0.2, 0.25) is 0 Å². The van der Waals surface area contributed by atoms with E-state index in [1.807, 2.05) is 45.2 Å². The molecule has 5 N–H and O–H groups in total. The number of hydrogen-bond donors (Lipinski definition) is 4. The van der Waals surface area contributed by atoms with Crippen LogP contribution in [-0.4, -0.2) is 76.2 Å². The molecule has 0 unspecified atom stereocenters. The molecule has 12 aromatic rings. The summed E-state index contributed by atoms with van der Waals surface area (Å²) in [4.78, 5) is 106. The fraction of sp³-hybridized carbons (Fsp3) is 0.139. The molecular formula is C72H56F6I3N9O17S. The van der Waals surface area contributed by atoms with E-state index in [1.54, 1.807) is 97.1 Å². The van der Waals surface area contributed by atoms with E-state index in [2.05, 4.69) is 9.50 Å². The number of aromatic hydroxyl groups is 2. The molecule has 0 radical (unpaired) electrons. The van der Waals surface area contributed by atoms with Crippen molar-refractivity contribution >= 4 is 117 Å². The van der Waals surface area contributed by atoms with Gasteiger partial charge in [0.15, 0.2) is 5.75 Å². The minimum absolute atomic E-state index is 0.00809. The van der Waals surface area contributed by atoms with Crippen molar-refractivity contribution in [1.82, 2.24) is 32.0 Å². The standard InChI is InChI=1S/C29H23FIN3O6.C23H16F4IN3O7S.C20H17FIN3O4/c1-16-22(35)5-4-6-23(16)40-24-14-25(36)32(2)27-26(24)28(37)33(15-17-7-10-19(39-3)11-8-17)29(38)34(27)21-12-9-18(31)13-20(21)30;1-29-18(32)10-17(38-39(35,36)23(25,26)27)19-20(29)31(16-8-5-13(28)9-15(16)24)22(34)30(21(19)33)11-12-3-6-14(37-2)7-4-12;1-10-14(26)4-3-5-15(10)29-16-9-17(27)25(2)20(18(16)19(23)28)24-13-7-6-11(22)8-12(13)21/h4-14,35H,15H2,1-3H3;3-10H,11H2,1-2H3;3-9,24,26H,1-2H3,(H2,23,28). The Morgan fingerprint density at radius 3 is 1.31 bits per heavy atom. The van der Waals surface area contributed by atoms with Gasteiger partial charge in [-0.05, 0) is 196 Å². The number of alkyl halides is 3. The molecule has 0 aliphatic carbocycles. The molecular weight excluding hydrogens is 1790 g/mol. The largest absolute Gasteiger partial charge is 0.534 e. The summed E-state index contributed by atoms with van der Waals surface area (Å²) in [6.45, 7) is 2.64. The van der Waals surface area contributed by atoms with Crippen molar-refractivity contribution in [2.45, 2.75) is 32.4 Å². The van der Waals surface area contributed by atoms with Crippen molar-refractivity contribution in [2.75, 3.05) is 19.5 Å². The van der Waals surface area contributed by atoms with Crippen molar-refractivity contribution in [1.29, 1.82) is 0 Å². The number of phenolic OH excluding ortho intramolecular Hbond substituents is 2. The number of amides is 1. The summed E-state index contributed by atoms with van der Waals surface area (Å²) >= 11 is 5.72. The predicted octanol–water partition coefficient (Wildman–Crippen LogP) is 11.1. The topological polar surface area (TPSA) is 330 Å². The van der Waals surface area contributed by atoms with Gasteiger partial charge in [-0.15, -0.1) is 0 Å². The first kappa shape index (κ1) is 79.4. The number of ether oxygens (including phenoxy) is 4. The Morgan fingerprint density at radius 1 is 0.519 bits per heavy atom. The van der Waals surface area contributed by atoms with Crippen LogP contribution >= 0.6 is 67.8 Å². The van der Waals surface area contributed by atoms with Gasteiger partial charge >= 0.3 is 27.0 Å². The molecule has 1 amide bonds. The zero-order valence-corrected chi connectivity index (χ0v) is 64.3. The van der Waals surface area contributed by atoms with E-state index < -0.39 is 107 Å². The van der Waals surface area contributed by atoms with Gasteiger partial charge in [0.1, 0.15) is 96.9 Å². The zero-order valence-electron chi connectivity index (χ0n) is 57.0. The third-order valence-electron chi connectivity index (χ3n) is 16.5. The quantitative estimate of drug-likeness (QED) is 0.0285. The molecule has 12 rings (SSSR count). The molecule has 560 valence electrons. The Labute approximate surface area is 645 Å². The molecule has 36 heteroatoms. The van der Waals surface area contributed by atoms with Crippen molar-refractivity contribution in [3.8, 4) is 63.1 Å². The van der Waals surface area contributed by atoms with Gasteiger partial charge in [0.05, 0.1) is 44.4 Å². The molecule has 0 spiro atoms. The number of phenols is 2. The minimum atomic E-state index is -6.34. The Kier molecular flexibility index (Phi) is 23.6. The monoisotopic (exact) mass is 1850 g/mol. The molecule has 0 fully saturated rings. The van der Waals surface area contributed by atoms with Gasteiger partial charge in [-0.1, -0.05) is 36.4 Å². The molecule has 0 aliphatic rings. The van der Waals surface area contributed by atoms with E-state index in [9.17, 15) is 74.5 Å². The maximum absolute atomic E-state index is 15.4. The van der Waals surface area contributed by atoms with Crippen molar-refractivity contribution < 1.29 is 72.9 Å². The normalized spacial score (nSPS) is 11.3. The molecule has 108 heavy (non-hydrogen) atoms. The van der Waals surface area contributed by atoms with Crippen molar-refractivity contribution in [3.05, 3.63) is 286 Å². The van der Waals surface area contributed by atoms with Crippen LogP contribution in [0.4, 0.5) is 37.8 Å². The van der Waals surface area contributed by atoms with Crippen molar-refractivity contribution in [3.63, 3.8) is 0 Å². The lowest BCUT2D eigenvalue weighted by Gasteiger charge is -2.19. The van der Waals surface area contributed by atoms with E-state index in [0.29, 0.717) is 64.2 Å². The molecule has 5 heterocycles. The molecule has 0 atom stereocenters. The van der Waals surface area contributed by atoms with E-state index in [-0.39, 0.29) is 74.8 Å². The SMILES string of the molecule is COc1ccc(Cn2c(=O)c3c(OS(=O)(=O)C(F)(F)F)cc(=O)n(C)c3n(-c3ccc(I)cc3F)c2=O)cc1.COc1ccc(Cn2c(=O)c3c(Oc4cccc(O)c4C)cc(=O)n(C)c3n(-c3ccc(I)cc3F)c2=O)cc1.Cc1c(O)cccc1Oc1cc(=O)n(C)c(Nc2ccc(I)cc2F)c1C(N)=O. The van der Waals surface area contributed by atoms with E-state index in [1.165, 1.54) is 95.0 Å². The molecule has 0 bridgehead atoms. The maximum Gasteiger partial charge on any atom is 0.534 e. The Balaban J connectivity index is 0.000000175. The predicted molar refractivity (Wildman–Crippen MR) is 412 cm³/mol. The van der Waals surface area contributed by atoms with Crippen LogP contribution in [0, 0.1) is 42.0 Å². The fourth-order valence-electron chi connectivity index (χ4n) is 10.8. The number of rotatable bonds is 17. The van der Waals surface area contributed by atoms with Crippen LogP contribution < -0.4 is 73.4 Å². The second-order valence-electron chi connectivity index (χ2n) is 23.3. The average Bonchev–Trinajstić information content (AvgIpc) is 0.731. The number of nitrogens with zero attached hydrogens (tertiary/aromatic N) is 7. The van der Waals surface area contributed by atoms with Crippen LogP contribution in [0.3, 0.4) is 0 Å². The summed E-state index contributed by atoms with van der Waals surface area (Å²) in [5.41, 5.74) is -6.31. The molecule has 26 nitrogen and oxygen atoms in total. The lowest BCUT2D eigenvalue weighted by molar-refractivity contribution is -0.0499. The van der Waals surface area contributed by atoms with E-state index in [0.717, 1.165) is 49.6 Å². The smallest absolute Gasteiger partial charge is 0.508 e. The van der Waals surface area contributed by atoms with Crippen LogP contribution in [0.15, 0.2) is 191 Å². The number of carbonyl (C=O) groups excluding carboxylic acids is 1. The van der Waals surface area contributed by atoms with Gasteiger partial charge in [0.2, 0.25) is 0 Å². The maximum atomic E-state index is 15.4. The summed E-state index contributed by atoms with van der Waals surface area (Å²) in [5, 5.41) is 21.8. The lowest BCUT2D eigenvalue weighted by atomic mass is 10.1. The average molecular weight is 1850 g/mol. The van der Waals surface area contributed by atoms with Crippen LogP contribution in [-0.2, 0) is 44.4 Å². The number of benzene rings is 7. The van der Waals surface area contributed by atoms with Crippen LogP contribution in [0.5, 0.6) is 51.7 Å². The Morgan fingerprint density at radius 2 is 0.907 bits per heavy atom. The van der Waals surface area contributed by atoms with Crippen LogP contribution in [0.25, 0.3) is 33.4 Å². The Bertz CT molecular complexity index is 6210. The summed E-state index contributed by atoms with van der Waals surface area (Å²) in [5.74, 6) is -3.22. The fourth-order valence-corrected chi connectivity index (χ4v) is 12.6. The highest BCUT2D eigenvalue weighted by molar-refractivity contribution is 14.1. The number of fused-ring (bicyclic) bond motifs is 2. The number of halogens is 9. The third kappa shape index (κ3) is 16.4. The number of anilines is 2. The van der Waals surface area contributed by atoms with Crippen LogP contribution in [0.1, 0.15) is 32.6 Å². The summed E-state index contributed by atoms with van der Waals surface area (Å²) < 4.78 is 142. The van der Waals surface area contributed by atoms with Gasteiger partial charge < -0.3 is 44.4 Å². The van der Waals surface area contributed by atoms with Gasteiger partial charge in [0.25, 0.3) is 33.7 Å². The molecule has 7 aromatic carbocycles. The summed E-state index contributed by atoms with van der Waals surface area (Å²) in [6.07, 6.45) is 0. The van der Waals surface area contributed by atoms with Gasteiger partial charge in [-0.25, -0.2) is 31.9 Å². The second kappa shape index (κ2) is 32.1. The number of pyridine rings is 3. The molecule has 0 saturated heterocycles. The number of hydrogen-bond acceptors (Lipinski definition) is 18. The highest BCUT2D eigenvalue weighted by atomic mass is 127. The first-order valence-electron chi connectivity index (χ1n) is 31.1. The zero-order chi connectivity index (χ0) is 78.9. The van der Waals surface area contributed by atoms with Crippen molar-refractivity contribution in [2.24, 2.45) is 26.9 Å². The summed E-state index contributed by atoms with van der Waals surface area (Å²) in [7, 11) is 0.480. The Hall–Kier alpha value is -11.1. The second-order valence-corrected chi connectivity index (χ2v) is 28.6. The number of primary amides is 1. The number of methoxy groups -OCH3 is 2. The van der Waals surface area contributed by atoms with E-state index in [4.69, 9.17) is 24.7 Å². The van der Waals surface area contributed by atoms with E-state index >= 15 is 8.78 Å².